The molecule has 0 unspecified atom stereocenters. The van der Waals surface area contributed by atoms with Crippen LogP contribution in [0.3, 0.4) is 0 Å². The van der Waals surface area contributed by atoms with Gasteiger partial charge in [0, 0.05) is 13.1 Å². The summed E-state index contributed by atoms with van der Waals surface area (Å²) in [4.78, 5) is 27.6. The van der Waals surface area contributed by atoms with Gasteiger partial charge in [0.1, 0.15) is 0 Å². The lowest BCUT2D eigenvalue weighted by atomic mass is 10.3. The average Bonchev–Trinajstić information content (AvgIpc) is 2.38. The Balaban J connectivity index is 4.46. The summed E-state index contributed by atoms with van der Waals surface area (Å²) >= 11 is 0. The summed E-state index contributed by atoms with van der Waals surface area (Å²) in [6.45, 7) is 11.1. The summed E-state index contributed by atoms with van der Waals surface area (Å²) < 4.78 is 4.95. The Kier molecular flexibility index (Phi) is 11.1. The highest BCUT2D eigenvalue weighted by Crippen LogP contribution is 2.00. The van der Waals surface area contributed by atoms with Crippen molar-refractivity contribution in [3.05, 3.63) is 0 Å². The summed E-state index contributed by atoms with van der Waals surface area (Å²) in [5.74, 6) is -0.155. The van der Waals surface area contributed by atoms with Crippen LogP contribution in [0.1, 0.15) is 47.0 Å². The first-order valence-electron chi connectivity index (χ1n) is 7.74. The first-order chi connectivity index (χ1) is 9.58. The Hall–Kier alpha value is -1.10. The minimum atomic E-state index is -0.258. The minimum Gasteiger partial charge on any atom is -0.465 e. The molecule has 0 aromatic rings. The number of ether oxygens (including phenoxy) is 1. The van der Waals surface area contributed by atoms with Gasteiger partial charge in [-0.2, -0.15) is 0 Å². The molecule has 0 aromatic carbocycles. The molecule has 0 aliphatic heterocycles. The van der Waals surface area contributed by atoms with Crippen LogP contribution in [-0.4, -0.2) is 61.0 Å². The fourth-order valence-electron chi connectivity index (χ4n) is 2.11. The fourth-order valence-corrected chi connectivity index (χ4v) is 2.11. The van der Waals surface area contributed by atoms with Gasteiger partial charge in [-0.3, -0.25) is 14.5 Å². The number of carbonyl (C=O) groups excluding carboxylic acids is 2. The molecule has 0 saturated carbocycles. The topological polar surface area (TPSA) is 49.9 Å². The Morgan fingerprint density at radius 2 is 1.40 bits per heavy atom. The molecule has 0 atom stereocenters. The van der Waals surface area contributed by atoms with Gasteiger partial charge in [0.15, 0.2) is 0 Å². The highest BCUT2D eigenvalue weighted by molar-refractivity contribution is 5.79. The lowest BCUT2D eigenvalue weighted by Gasteiger charge is -2.26. The monoisotopic (exact) mass is 286 g/mol. The van der Waals surface area contributed by atoms with Crippen molar-refractivity contribution in [2.24, 2.45) is 0 Å². The number of nitrogens with zero attached hydrogens (tertiary/aromatic N) is 2. The van der Waals surface area contributed by atoms with E-state index in [1.165, 1.54) is 0 Å². The third kappa shape index (κ3) is 8.15. The van der Waals surface area contributed by atoms with Gasteiger partial charge < -0.3 is 9.64 Å². The summed E-state index contributed by atoms with van der Waals surface area (Å²) in [7, 11) is 0. The van der Waals surface area contributed by atoms with Crippen LogP contribution in [0.2, 0.25) is 0 Å². The first kappa shape index (κ1) is 18.9. The van der Waals surface area contributed by atoms with Crippen molar-refractivity contribution in [1.82, 2.24) is 9.80 Å². The molecule has 0 rings (SSSR count). The number of hydrogen-bond donors (Lipinski definition) is 0. The quantitative estimate of drug-likeness (QED) is 0.544. The molecule has 20 heavy (non-hydrogen) atoms. The predicted octanol–water partition coefficient (Wildman–Crippen LogP) is 1.91. The van der Waals surface area contributed by atoms with E-state index in [1.54, 1.807) is 6.92 Å². The highest BCUT2D eigenvalue weighted by Gasteiger charge is 2.18. The van der Waals surface area contributed by atoms with E-state index in [2.05, 4.69) is 13.8 Å². The Labute approximate surface area is 123 Å². The number of hydrogen-bond acceptors (Lipinski definition) is 4. The van der Waals surface area contributed by atoms with E-state index >= 15 is 0 Å². The molecule has 5 nitrogen and oxygen atoms in total. The van der Waals surface area contributed by atoms with Crippen molar-refractivity contribution in [2.45, 2.75) is 47.0 Å². The second-order valence-corrected chi connectivity index (χ2v) is 4.90. The van der Waals surface area contributed by atoms with Crippen molar-refractivity contribution in [3.63, 3.8) is 0 Å². The standard InChI is InChI=1S/C15H30N2O3/c1-5-9-16(13-15(19)20-8-4)12-14(18)17(10-6-2)11-7-3/h5-13H2,1-4H3. The van der Waals surface area contributed by atoms with E-state index in [0.717, 1.165) is 38.9 Å². The van der Waals surface area contributed by atoms with Crippen LogP contribution < -0.4 is 0 Å². The van der Waals surface area contributed by atoms with Crippen molar-refractivity contribution in [2.75, 3.05) is 39.3 Å². The van der Waals surface area contributed by atoms with Gasteiger partial charge >= 0.3 is 5.97 Å². The summed E-state index contributed by atoms with van der Waals surface area (Å²) in [5, 5.41) is 0. The van der Waals surface area contributed by atoms with Gasteiger partial charge in [-0.05, 0) is 32.7 Å². The van der Waals surface area contributed by atoms with Crippen LogP contribution >= 0.6 is 0 Å². The van der Waals surface area contributed by atoms with Gasteiger partial charge in [-0.1, -0.05) is 20.8 Å². The van der Waals surface area contributed by atoms with Gasteiger partial charge in [-0.15, -0.1) is 0 Å². The molecule has 0 N–H and O–H groups in total. The minimum absolute atomic E-state index is 0.103. The van der Waals surface area contributed by atoms with Gasteiger partial charge in [-0.25, -0.2) is 0 Å². The molecular formula is C15H30N2O3. The van der Waals surface area contributed by atoms with Crippen LogP contribution in [0, 0.1) is 0 Å². The van der Waals surface area contributed by atoms with Gasteiger partial charge in [0.2, 0.25) is 5.91 Å². The molecule has 5 heteroatoms. The van der Waals surface area contributed by atoms with Crippen LogP contribution in [0.5, 0.6) is 0 Å². The molecular weight excluding hydrogens is 256 g/mol. The smallest absolute Gasteiger partial charge is 0.320 e. The van der Waals surface area contributed by atoms with E-state index in [0.29, 0.717) is 13.2 Å². The SMILES string of the molecule is CCCN(CC(=O)OCC)CC(=O)N(CCC)CCC. The van der Waals surface area contributed by atoms with Crippen molar-refractivity contribution < 1.29 is 14.3 Å². The zero-order valence-corrected chi connectivity index (χ0v) is 13.5. The average molecular weight is 286 g/mol. The zero-order valence-electron chi connectivity index (χ0n) is 13.5. The number of rotatable bonds is 11. The summed E-state index contributed by atoms with van der Waals surface area (Å²) in [6.07, 6.45) is 2.82. The molecule has 0 saturated heterocycles. The maximum absolute atomic E-state index is 12.3. The predicted molar refractivity (Wildman–Crippen MR) is 80.5 cm³/mol. The third-order valence-corrected chi connectivity index (χ3v) is 2.90. The van der Waals surface area contributed by atoms with E-state index in [4.69, 9.17) is 4.74 Å². The van der Waals surface area contributed by atoms with E-state index in [9.17, 15) is 9.59 Å². The number of carbonyl (C=O) groups is 2. The number of amides is 1. The maximum Gasteiger partial charge on any atom is 0.320 e. The maximum atomic E-state index is 12.3. The van der Waals surface area contributed by atoms with Crippen LogP contribution in [-0.2, 0) is 14.3 Å². The molecule has 0 bridgehead atoms. The van der Waals surface area contributed by atoms with Crippen molar-refractivity contribution in [1.29, 1.82) is 0 Å². The molecule has 0 aromatic heterocycles. The van der Waals surface area contributed by atoms with Crippen LogP contribution in [0.25, 0.3) is 0 Å². The molecule has 0 aliphatic rings. The number of esters is 1. The highest BCUT2D eigenvalue weighted by atomic mass is 16.5. The largest absolute Gasteiger partial charge is 0.465 e. The molecule has 0 spiro atoms. The van der Waals surface area contributed by atoms with Gasteiger partial charge in [0.25, 0.3) is 0 Å². The lowest BCUT2D eigenvalue weighted by molar-refractivity contribution is -0.145. The van der Waals surface area contributed by atoms with Crippen molar-refractivity contribution >= 4 is 11.9 Å². The third-order valence-electron chi connectivity index (χ3n) is 2.90. The normalized spacial score (nSPS) is 10.7. The molecule has 0 heterocycles. The second kappa shape index (κ2) is 11.7. The zero-order chi connectivity index (χ0) is 15.4. The van der Waals surface area contributed by atoms with Crippen LogP contribution in [0.4, 0.5) is 0 Å². The summed E-state index contributed by atoms with van der Waals surface area (Å²) in [5.41, 5.74) is 0. The van der Waals surface area contributed by atoms with Crippen molar-refractivity contribution in [3.8, 4) is 0 Å². The first-order valence-corrected chi connectivity index (χ1v) is 7.74. The molecule has 118 valence electrons. The fraction of sp³-hybridized carbons (Fsp3) is 0.867. The van der Waals surface area contributed by atoms with Gasteiger partial charge in [0.05, 0.1) is 19.7 Å². The molecule has 1 amide bonds. The van der Waals surface area contributed by atoms with E-state index in [-0.39, 0.29) is 18.4 Å². The van der Waals surface area contributed by atoms with Crippen LogP contribution in [0.15, 0.2) is 0 Å². The second-order valence-electron chi connectivity index (χ2n) is 4.90. The molecule has 0 radical (unpaired) electrons. The lowest BCUT2D eigenvalue weighted by Crippen LogP contribution is -2.43. The Morgan fingerprint density at radius 3 is 1.85 bits per heavy atom. The molecule has 0 fully saturated rings. The Morgan fingerprint density at radius 1 is 0.850 bits per heavy atom. The van der Waals surface area contributed by atoms with E-state index in [1.807, 2.05) is 16.7 Å². The molecule has 0 aliphatic carbocycles. The van der Waals surface area contributed by atoms with E-state index < -0.39 is 0 Å². The summed E-state index contributed by atoms with van der Waals surface area (Å²) in [6, 6.07) is 0. The Bertz CT molecular complexity index is 276.